The number of ether oxygens (including phenoxy) is 2. The van der Waals surface area contributed by atoms with E-state index in [0.717, 1.165) is 18.6 Å². The fraction of sp³-hybridized carbons (Fsp3) is 0.429. The van der Waals surface area contributed by atoms with Gasteiger partial charge in [-0.15, -0.1) is 4.91 Å². The molecule has 1 atom stereocenters. The molecule has 0 fully saturated rings. The minimum absolute atomic E-state index is 0.0874. The van der Waals surface area contributed by atoms with Gasteiger partial charge in [-0.2, -0.15) is 9.36 Å². The van der Waals surface area contributed by atoms with Gasteiger partial charge in [-0.1, -0.05) is 0 Å². The molecule has 1 amide bonds. The highest BCUT2D eigenvalue weighted by Gasteiger charge is 2.27. The zero-order valence-electron chi connectivity index (χ0n) is 8.87. The van der Waals surface area contributed by atoms with E-state index in [0.29, 0.717) is 0 Å². The van der Waals surface area contributed by atoms with E-state index < -0.39 is 18.1 Å². The van der Waals surface area contributed by atoms with Gasteiger partial charge >= 0.3 is 12.1 Å². The van der Waals surface area contributed by atoms with Crippen LogP contribution in [0.5, 0.6) is 0 Å². The lowest BCUT2D eigenvalue weighted by Crippen LogP contribution is -2.14. The molecule has 10 heteroatoms. The minimum atomic E-state index is -1.44. The molecule has 1 aromatic rings. The monoisotopic (exact) mass is 260 g/mol. The number of nitrogens with zero attached hydrogens (tertiary/aromatic N) is 3. The third-order valence-electron chi connectivity index (χ3n) is 1.61. The van der Waals surface area contributed by atoms with Crippen molar-refractivity contribution in [2.45, 2.75) is 6.04 Å². The van der Waals surface area contributed by atoms with E-state index in [1.165, 1.54) is 7.11 Å². The Morgan fingerprint density at radius 2 is 2.12 bits per heavy atom. The number of carbonyl (C=O) groups is 2. The van der Waals surface area contributed by atoms with Crippen molar-refractivity contribution in [3.8, 4) is 0 Å². The highest BCUT2D eigenvalue weighted by Crippen LogP contribution is 2.20. The van der Waals surface area contributed by atoms with Gasteiger partial charge in [-0.05, 0) is 5.18 Å². The standard InChI is InChI=1S/C7H8N4O5S/c1-15-5(12)3(10-14)4-8-6(17-11-4)9-7(13)16-2/h3H,1-2H3,(H,8,9,11,13). The molecule has 0 aliphatic heterocycles. The topological polar surface area (TPSA) is 120 Å². The van der Waals surface area contributed by atoms with Crippen LogP contribution in [0.15, 0.2) is 5.18 Å². The van der Waals surface area contributed by atoms with Crippen molar-refractivity contribution in [1.29, 1.82) is 0 Å². The summed E-state index contributed by atoms with van der Waals surface area (Å²) >= 11 is 0.785. The molecule has 17 heavy (non-hydrogen) atoms. The first-order chi connectivity index (χ1) is 8.12. The zero-order valence-corrected chi connectivity index (χ0v) is 9.68. The molecule has 0 aromatic carbocycles. The molecule has 9 nitrogen and oxygen atoms in total. The lowest BCUT2D eigenvalue weighted by atomic mass is 10.3. The Bertz CT molecular complexity index is 434. The quantitative estimate of drug-likeness (QED) is 0.624. The average Bonchev–Trinajstić information content (AvgIpc) is 2.77. The van der Waals surface area contributed by atoms with Gasteiger partial charge in [0, 0.05) is 11.5 Å². The Hall–Kier alpha value is -2.10. The maximum atomic E-state index is 11.1. The van der Waals surface area contributed by atoms with Crippen LogP contribution in [0.25, 0.3) is 0 Å². The van der Waals surface area contributed by atoms with Crippen molar-refractivity contribution < 1.29 is 19.1 Å². The summed E-state index contributed by atoms with van der Waals surface area (Å²) < 4.78 is 12.4. The molecular formula is C7H8N4O5S. The molecule has 0 aliphatic rings. The molecule has 1 aromatic heterocycles. The van der Waals surface area contributed by atoms with Crippen LogP contribution in [0.4, 0.5) is 9.93 Å². The smallest absolute Gasteiger partial charge is 0.413 e. The van der Waals surface area contributed by atoms with Crippen LogP contribution in [0.3, 0.4) is 0 Å². The van der Waals surface area contributed by atoms with Gasteiger partial charge in [0.15, 0.2) is 5.82 Å². The SMILES string of the molecule is COC(=O)Nc1nc(C(N=O)C(=O)OC)ns1. The van der Waals surface area contributed by atoms with E-state index in [9.17, 15) is 14.5 Å². The second-order valence-electron chi connectivity index (χ2n) is 2.61. The van der Waals surface area contributed by atoms with Gasteiger partial charge in [-0.3, -0.25) is 5.32 Å². The summed E-state index contributed by atoms with van der Waals surface area (Å²) in [5.41, 5.74) is 0. The van der Waals surface area contributed by atoms with Crippen LogP contribution in [0, 0.1) is 4.91 Å². The number of nitrogens with one attached hydrogen (secondary N) is 1. The molecule has 0 bridgehead atoms. The van der Waals surface area contributed by atoms with Gasteiger partial charge < -0.3 is 9.47 Å². The Balaban J connectivity index is 2.82. The predicted octanol–water partition coefficient (Wildman–Crippen LogP) is 0.697. The van der Waals surface area contributed by atoms with Crippen molar-refractivity contribution in [3.63, 3.8) is 0 Å². The van der Waals surface area contributed by atoms with E-state index >= 15 is 0 Å². The normalized spacial score (nSPS) is 11.4. The molecule has 1 N–H and O–H groups in total. The first-order valence-corrected chi connectivity index (χ1v) is 4.98. The number of aromatic nitrogens is 2. The lowest BCUT2D eigenvalue weighted by Gasteiger charge is -2.01. The van der Waals surface area contributed by atoms with Gasteiger partial charge in [0.2, 0.25) is 11.2 Å². The van der Waals surface area contributed by atoms with E-state index in [1.807, 2.05) is 0 Å². The van der Waals surface area contributed by atoms with Crippen LogP contribution in [-0.4, -0.2) is 35.6 Å². The second kappa shape index (κ2) is 5.84. The molecular weight excluding hydrogens is 252 g/mol. The minimum Gasteiger partial charge on any atom is -0.467 e. The zero-order chi connectivity index (χ0) is 12.8. The van der Waals surface area contributed by atoms with E-state index in [4.69, 9.17) is 0 Å². The average molecular weight is 260 g/mol. The number of carbonyl (C=O) groups excluding carboxylic acids is 2. The van der Waals surface area contributed by atoms with Crippen LogP contribution in [-0.2, 0) is 14.3 Å². The van der Waals surface area contributed by atoms with Crippen molar-refractivity contribution in [1.82, 2.24) is 9.36 Å². The second-order valence-corrected chi connectivity index (χ2v) is 3.36. The van der Waals surface area contributed by atoms with E-state index in [2.05, 4.69) is 29.3 Å². The largest absolute Gasteiger partial charge is 0.467 e. The number of rotatable bonds is 4. The summed E-state index contributed by atoms with van der Waals surface area (Å²) in [6.07, 6.45) is -0.735. The molecule has 0 saturated heterocycles. The van der Waals surface area contributed by atoms with Gasteiger partial charge in [0.25, 0.3) is 0 Å². The van der Waals surface area contributed by atoms with E-state index in [1.54, 1.807) is 0 Å². The summed E-state index contributed by atoms with van der Waals surface area (Å²) in [4.78, 5) is 36.2. The Kier molecular flexibility index (Phi) is 4.46. The number of hydrogen-bond donors (Lipinski definition) is 1. The summed E-state index contributed by atoms with van der Waals surface area (Å²) in [6.45, 7) is 0. The first-order valence-electron chi connectivity index (χ1n) is 4.21. The molecule has 1 unspecified atom stereocenters. The third-order valence-corrected chi connectivity index (χ3v) is 2.26. The van der Waals surface area contributed by atoms with Gasteiger partial charge in [0.05, 0.1) is 14.2 Å². The Labute approximate surface area is 99.3 Å². The van der Waals surface area contributed by atoms with Crippen molar-refractivity contribution in [2.24, 2.45) is 5.18 Å². The number of esters is 1. The molecule has 92 valence electrons. The van der Waals surface area contributed by atoms with Crippen LogP contribution >= 0.6 is 11.5 Å². The lowest BCUT2D eigenvalue weighted by molar-refractivity contribution is -0.142. The molecule has 0 saturated carbocycles. The number of hydrogen-bond acceptors (Lipinski definition) is 9. The van der Waals surface area contributed by atoms with Crippen LogP contribution < -0.4 is 5.32 Å². The molecule has 0 aliphatic carbocycles. The maximum absolute atomic E-state index is 11.1. The van der Waals surface area contributed by atoms with Crippen molar-refractivity contribution in [2.75, 3.05) is 19.5 Å². The summed E-state index contributed by atoms with van der Waals surface area (Å²) in [5.74, 6) is -1.01. The number of methoxy groups -OCH3 is 2. The highest BCUT2D eigenvalue weighted by molar-refractivity contribution is 7.09. The van der Waals surface area contributed by atoms with Gasteiger partial charge in [0.1, 0.15) is 0 Å². The Morgan fingerprint density at radius 3 is 2.65 bits per heavy atom. The fourth-order valence-electron chi connectivity index (χ4n) is 0.842. The summed E-state index contributed by atoms with van der Waals surface area (Å²) in [7, 11) is 2.29. The first kappa shape index (κ1) is 13.0. The van der Waals surface area contributed by atoms with Crippen LogP contribution in [0.1, 0.15) is 11.9 Å². The summed E-state index contributed by atoms with van der Waals surface area (Å²) in [5, 5.41) is 4.88. The molecule has 0 spiro atoms. The Morgan fingerprint density at radius 1 is 1.41 bits per heavy atom. The van der Waals surface area contributed by atoms with Gasteiger partial charge in [-0.25, -0.2) is 9.59 Å². The summed E-state index contributed by atoms with van der Waals surface area (Å²) in [6, 6.07) is -1.44. The fourth-order valence-corrected chi connectivity index (χ4v) is 1.43. The highest BCUT2D eigenvalue weighted by atomic mass is 32.1. The number of anilines is 1. The van der Waals surface area contributed by atoms with E-state index in [-0.39, 0.29) is 11.0 Å². The maximum Gasteiger partial charge on any atom is 0.413 e. The third kappa shape index (κ3) is 3.17. The van der Waals surface area contributed by atoms with Crippen molar-refractivity contribution >= 4 is 28.7 Å². The number of nitroso groups, excluding NO2 is 1. The molecule has 0 radical (unpaired) electrons. The van der Waals surface area contributed by atoms with Crippen molar-refractivity contribution in [3.05, 3.63) is 10.7 Å². The predicted molar refractivity (Wildman–Crippen MR) is 56.5 cm³/mol. The molecule has 1 rings (SSSR count). The molecule has 1 heterocycles. The number of amides is 1. The van der Waals surface area contributed by atoms with Crippen LogP contribution in [0.2, 0.25) is 0 Å².